The Labute approximate surface area is 195 Å². The van der Waals surface area contributed by atoms with Gasteiger partial charge in [-0.2, -0.15) is 0 Å². The topological polar surface area (TPSA) is 38.8 Å². The third kappa shape index (κ3) is 7.90. The standard InChI is InChI=1S/C27H35F2NO3/c1-3-32-26(31)18-23-14-16-30(19-20(23)2)15-4-5-17-33-27(21-6-10-24(28)11-7-21)22-8-12-25(29)13-9-22/h6-13,20,23,27H,3-5,14-19H2,1-2H3/t20-,23-/m0/s1. The quantitative estimate of drug-likeness (QED) is 0.316. The average Bonchev–Trinajstić information content (AvgIpc) is 2.80. The summed E-state index contributed by atoms with van der Waals surface area (Å²) in [4.78, 5) is 14.3. The second kappa shape index (κ2) is 12.8. The van der Waals surface area contributed by atoms with Gasteiger partial charge in [-0.15, -0.1) is 0 Å². The van der Waals surface area contributed by atoms with Crippen LogP contribution in [0.25, 0.3) is 0 Å². The highest BCUT2D eigenvalue weighted by atomic mass is 19.1. The van der Waals surface area contributed by atoms with Crippen LogP contribution in [-0.4, -0.2) is 43.7 Å². The molecule has 0 amide bonds. The first-order valence-corrected chi connectivity index (χ1v) is 12.0. The molecule has 0 spiro atoms. The predicted molar refractivity (Wildman–Crippen MR) is 125 cm³/mol. The number of hydrogen-bond donors (Lipinski definition) is 0. The summed E-state index contributed by atoms with van der Waals surface area (Å²) in [6, 6.07) is 12.5. The maximum absolute atomic E-state index is 13.4. The fourth-order valence-corrected chi connectivity index (χ4v) is 4.52. The Morgan fingerprint density at radius 3 is 2.18 bits per heavy atom. The first kappa shape index (κ1) is 25.3. The normalized spacial score (nSPS) is 19.1. The van der Waals surface area contributed by atoms with Gasteiger partial charge in [-0.3, -0.25) is 4.79 Å². The molecule has 0 saturated carbocycles. The zero-order valence-electron chi connectivity index (χ0n) is 19.6. The Kier molecular flexibility index (Phi) is 9.82. The minimum atomic E-state index is -0.357. The number of halogens is 2. The minimum absolute atomic E-state index is 0.0863. The van der Waals surface area contributed by atoms with Gasteiger partial charge >= 0.3 is 5.97 Å². The van der Waals surface area contributed by atoms with Crippen LogP contribution in [0.5, 0.6) is 0 Å². The monoisotopic (exact) mass is 459 g/mol. The molecule has 2 atom stereocenters. The van der Waals surface area contributed by atoms with E-state index in [-0.39, 0.29) is 23.7 Å². The lowest BCUT2D eigenvalue weighted by molar-refractivity contribution is -0.145. The van der Waals surface area contributed by atoms with Gasteiger partial charge in [-0.05, 0) is 86.5 Å². The second-order valence-corrected chi connectivity index (χ2v) is 8.90. The van der Waals surface area contributed by atoms with Crippen molar-refractivity contribution in [3.05, 3.63) is 71.3 Å². The highest BCUT2D eigenvalue weighted by Gasteiger charge is 2.28. The van der Waals surface area contributed by atoms with Crippen LogP contribution < -0.4 is 0 Å². The van der Waals surface area contributed by atoms with Crippen molar-refractivity contribution in [1.82, 2.24) is 4.90 Å². The molecule has 4 nitrogen and oxygen atoms in total. The molecule has 6 heteroatoms. The maximum Gasteiger partial charge on any atom is 0.306 e. The highest BCUT2D eigenvalue weighted by molar-refractivity contribution is 5.69. The van der Waals surface area contributed by atoms with E-state index in [1.165, 1.54) is 24.3 Å². The second-order valence-electron chi connectivity index (χ2n) is 8.90. The van der Waals surface area contributed by atoms with Gasteiger partial charge < -0.3 is 14.4 Å². The summed E-state index contributed by atoms with van der Waals surface area (Å²) >= 11 is 0. The van der Waals surface area contributed by atoms with Crippen LogP contribution in [0.2, 0.25) is 0 Å². The molecule has 1 aliphatic heterocycles. The molecule has 2 aromatic rings. The smallest absolute Gasteiger partial charge is 0.306 e. The summed E-state index contributed by atoms with van der Waals surface area (Å²) in [5.74, 6) is 0.196. The van der Waals surface area contributed by atoms with Crippen LogP contribution in [0.4, 0.5) is 8.78 Å². The average molecular weight is 460 g/mol. The molecule has 0 unspecified atom stereocenters. The van der Waals surface area contributed by atoms with Crippen LogP contribution in [-0.2, 0) is 14.3 Å². The van der Waals surface area contributed by atoms with Gasteiger partial charge in [-0.1, -0.05) is 31.2 Å². The number of piperidine rings is 1. The molecule has 0 N–H and O–H groups in total. The van der Waals surface area contributed by atoms with E-state index in [2.05, 4.69) is 11.8 Å². The van der Waals surface area contributed by atoms with Crippen molar-refractivity contribution in [2.75, 3.05) is 32.8 Å². The van der Waals surface area contributed by atoms with E-state index in [1.807, 2.05) is 6.92 Å². The molecule has 33 heavy (non-hydrogen) atoms. The summed E-state index contributed by atoms with van der Waals surface area (Å²) < 4.78 is 38.0. The summed E-state index contributed by atoms with van der Waals surface area (Å²) in [5, 5.41) is 0. The molecule has 180 valence electrons. The van der Waals surface area contributed by atoms with Gasteiger partial charge in [0.2, 0.25) is 0 Å². The van der Waals surface area contributed by atoms with Crippen LogP contribution in [0.15, 0.2) is 48.5 Å². The van der Waals surface area contributed by atoms with Gasteiger partial charge in [0.05, 0.1) is 6.61 Å². The number of carbonyl (C=O) groups excluding carboxylic acids is 1. The van der Waals surface area contributed by atoms with Crippen molar-refractivity contribution in [2.45, 2.75) is 45.6 Å². The largest absolute Gasteiger partial charge is 0.466 e. The van der Waals surface area contributed by atoms with E-state index in [4.69, 9.17) is 9.47 Å². The highest BCUT2D eigenvalue weighted by Crippen LogP contribution is 2.28. The Balaban J connectivity index is 1.44. The van der Waals surface area contributed by atoms with Crippen molar-refractivity contribution in [2.24, 2.45) is 11.8 Å². The molecule has 3 rings (SSSR count). The Morgan fingerprint density at radius 1 is 1.03 bits per heavy atom. The lowest BCUT2D eigenvalue weighted by Crippen LogP contribution is -2.40. The van der Waals surface area contributed by atoms with Crippen LogP contribution >= 0.6 is 0 Å². The summed E-state index contributed by atoms with van der Waals surface area (Å²) in [7, 11) is 0. The van der Waals surface area contributed by atoms with E-state index >= 15 is 0 Å². The molecule has 0 aromatic heterocycles. The van der Waals surface area contributed by atoms with Crippen molar-refractivity contribution < 1.29 is 23.0 Å². The number of unbranched alkanes of at least 4 members (excludes halogenated alkanes) is 1. The summed E-state index contributed by atoms with van der Waals surface area (Å²) in [5.41, 5.74) is 1.70. The third-order valence-electron chi connectivity index (χ3n) is 6.40. The van der Waals surface area contributed by atoms with Crippen molar-refractivity contribution >= 4 is 5.97 Å². The number of hydrogen-bond acceptors (Lipinski definition) is 4. The van der Waals surface area contributed by atoms with Gasteiger partial charge in [0.1, 0.15) is 17.7 Å². The van der Waals surface area contributed by atoms with Crippen molar-refractivity contribution in [3.63, 3.8) is 0 Å². The number of rotatable bonds is 11. The molecular formula is C27H35F2NO3. The first-order valence-electron chi connectivity index (χ1n) is 12.0. The van der Waals surface area contributed by atoms with Gasteiger partial charge in [0, 0.05) is 19.6 Å². The van der Waals surface area contributed by atoms with Crippen LogP contribution in [0.3, 0.4) is 0 Å². The van der Waals surface area contributed by atoms with E-state index < -0.39 is 0 Å². The minimum Gasteiger partial charge on any atom is -0.466 e. The van der Waals surface area contributed by atoms with E-state index in [0.29, 0.717) is 31.5 Å². The fourth-order valence-electron chi connectivity index (χ4n) is 4.52. The lowest BCUT2D eigenvalue weighted by atomic mass is 9.84. The van der Waals surface area contributed by atoms with Gasteiger partial charge in [0.25, 0.3) is 0 Å². The fraction of sp³-hybridized carbons (Fsp3) is 0.519. The van der Waals surface area contributed by atoms with Crippen LogP contribution in [0.1, 0.15) is 56.8 Å². The molecule has 0 bridgehead atoms. The Bertz CT molecular complexity index is 811. The van der Waals surface area contributed by atoms with Gasteiger partial charge in [0.15, 0.2) is 0 Å². The Hall–Kier alpha value is -2.31. The molecule has 1 saturated heterocycles. The van der Waals surface area contributed by atoms with Gasteiger partial charge in [-0.25, -0.2) is 8.78 Å². The number of nitrogens with zero attached hydrogens (tertiary/aromatic N) is 1. The maximum atomic E-state index is 13.4. The zero-order chi connectivity index (χ0) is 23.6. The molecule has 0 aliphatic carbocycles. The summed E-state index contributed by atoms with van der Waals surface area (Å²) in [6.07, 6.45) is 3.09. The SMILES string of the molecule is CCOC(=O)C[C@@H]1CCN(CCCCOC(c2ccc(F)cc2)c2ccc(F)cc2)C[C@@H]1C. The predicted octanol–water partition coefficient (Wildman–Crippen LogP) is 5.76. The third-order valence-corrected chi connectivity index (χ3v) is 6.40. The van der Waals surface area contributed by atoms with E-state index in [9.17, 15) is 13.6 Å². The van der Waals surface area contributed by atoms with Crippen molar-refractivity contribution in [1.29, 1.82) is 0 Å². The van der Waals surface area contributed by atoms with Crippen molar-refractivity contribution in [3.8, 4) is 0 Å². The number of esters is 1. The zero-order valence-corrected chi connectivity index (χ0v) is 19.6. The molecule has 2 aromatic carbocycles. The lowest BCUT2D eigenvalue weighted by Gasteiger charge is -2.36. The van der Waals surface area contributed by atoms with Crippen LogP contribution in [0, 0.1) is 23.5 Å². The molecular weight excluding hydrogens is 424 g/mol. The summed E-state index contributed by atoms with van der Waals surface area (Å²) in [6.45, 7) is 8.06. The molecule has 1 aliphatic rings. The molecule has 0 radical (unpaired) electrons. The molecule has 1 fully saturated rings. The Morgan fingerprint density at radius 2 is 1.64 bits per heavy atom. The molecule has 1 heterocycles. The van der Waals surface area contributed by atoms with E-state index in [0.717, 1.165) is 50.0 Å². The van der Waals surface area contributed by atoms with E-state index in [1.54, 1.807) is 24.3 Å². The number of likely N-dealkylation sites (tertiary alicyclic amines) is 1. The number of benzene rings is 2. The number of carbonyl (C=O) groups is 1. The number of ether oxygens (including phenoxy) is 2. The first-order chi connectivity index (χ1) is 16.0.